The minimum absolute atomic E-state index is 0.0963. The number of halogens is 1. The molecular weight excluding hydrogens is 333 g/mol. The van der Waals surface area contributed by atoms with E-state index in [1.165, 1.54) is 12.1 Å². The van der Waals surface area contributed by atoms with Crippen molar-refractivity contribution in [3.8, 4) is 0 Å². The fourth-order valence-corrected chi connectivity index (χ4v) is 5.48. The van der Waals surface area contributed by atoms with E-state index in [1.807, 2.05) is 27.7 Å². The molecule has 4 rings (SSSR count). The summed E-state index contributed by atoms with van der Waals surface area (Å²) in [5.41, 5.74) is -1.38. The molecule has 2 bridgehead atoms. The second-order valence-corrected chi connectivity index (χ2v) is 8.86. The monoisotopic (exact) mass is 357 g/mol. The van der Waals surface area contributed by atoms with Gasteiger partial charge < -0.3 is 4.90 Å². The van der Waals surface area contributed by atoms with E-state index in [2.05, 4.69) is 0 Å². The number of carbonyl (C=O) groups excluding carboxylic acids is 3. The van der Waals surface area contributed by atoms with Gasteiger partial charge in [-0.15, -0.1) is 0 Å². The number of fused-ring (bicyclic) bond motifs is 3. The smallest absolute Gasteiger partial charge is 0.242 e. The molecule has 0 spiro atoms. The lowest BCUT2D eigenvalue weighted by Gasteiger charge is -2.44. The maximum Gasteiger partial charge on any atom is 0.242 e. The molecule has 2 fully saturated rings. The van der Waals surface area contributed by atoms with E-state index < -0.39 is 27.8 Å². The Morgan fingerprint density at radius 1 is 1.15 bits per heavy atom. The number of carbonyl (C=O) groups is 3. The first-order valence-corrected chi connectivity index (χ1v) is 9.29. The zero-order chi connectivity index (χ0) is 19.1. The van der Waals surface area contributed by atoms with Crippen LogP contribution in [0.3, 0.4) is 0 Å². The van der Waals surface area contributed by atoms with E-state index in [0.717, 1.165) is 5.56 Å². The second kappa shape index (κ2) is 5.02. The lowest BCUT2D eigenvalue weighted by atomic mass is 9.64. The molecule has 138 valence electrons. The third-order valence-corrected chi connectivity index (χ3v) is 7.70. The molecule has 1 aliphatic heterocycles. The average molecular weight is 357 g/mol. The number of benzene rings is 1. The standard InChI is InChI=1S/C21H24FNO3/c1-12-5-6-13-11-14(22)7-8-15(13)23(12)18(26)21-10-9-20(4,19(21,2)3)16(24)17(21)25/h7-8,11-12H,5-6,9-10H2,1-4H3/t12-,20-,21-/m1/s1. The van der Waals surface area contributed by atoms with Crippen molar-refractivity contribution in [2.24, 2.45) is 16.2 Å². The van der Waals surface area contributed by atoms with Crippen LogP contribution < -0.4 is 4.90 Å². The third-order valence-electron chi connectivity index (χ3n) is 7.70. The highest BCUT2D eigenvalue weighted by Crippen LogP contribution is 2.69. The topological polar surface area (TPSA) is 54.5 Å². The molecule has 3 atom stereocenters. The van der Waals surface area contributed by atoms with Crippen LogP contribution in [0.1, 0.15) is 52.5 Å². The van der Waals surface area contributed by atoms with Crippen LogP contribution >= 0.6 is 0 Å². The summed E-state index contributed by atoms with van der Waals surface area (Å²) in [6, 6.07) is 4.34. The minimum Gasteiger partial charge on any atom is -0.308 e. The van der Waals surface area contributed by atoms with E-state index in [9.17, 15) is 18.8 Å². The first-order chi connectivity index (χ1) is 12.1. The Bertz CT molecular complexity index is 861. The van der Waals surface area contributed by atoms with Crippen LogP contribution in [0.5, 0.6) is 0 Å². The number of amides is 1. The summed E-state index contributed by atoms with van der Waals surface area (Å²) < 4.78 is 13.7. The van der Waals surface area contributed by atoms with Crippen molar-refractivity contribution in [1.82, 2.24) is 0 Å². The van der Waals surface area contributed by atoms with E-state index in [-0.39, 0.29) is 17.8 Å². The number of anilines is 1. The van der Waals surface area contributed by atoms with Gasteiger partial charge in [0.15, 0.2) is 0 Å². The molecule has 2 aliphatic carbocycles. The number of hydrogen-bond donors (Lipinski definition) is 0. The van der Waals surface area contributed by atoms with Crippen LogP contribution in [0.4, 0.5) is 10.1 Å². The Balaban J connectivity index is 1.87. The highest BCUT2D eigenvalue weighted by atomic mass is 19.1. The Morgan fingerprint density at radius 3 is 2.46 bits per heavy atom. The Kier molecular flexibility index (Phi) is 3.36. The largest absolute Gasteiger partial charge is 0.308 e. The van der Waals surface area contributed by atoms with Crippen LogP contribution in [-0.4, -0.2) is 23.5 Å². The molecule has 1 heterocycles. The van der Waals surface area contributed by atoms with Gasteiger partial charge in [-0.2, -0.15) is 0 Å². The van der Waals surface area contributed by atoms with Crippen molar-refractivity contribution in [2.75, 3.05) is 4.90 Å². The number of Topliss-reactive ketones (excluding diaryl/α,β-unsaturated/α-hetero) is 2. The molecule has 0 N–H and O–H groups in total. The van der Waals surface area contributed by atoms with E-state index in [4.69, 9.17) is 0 Å². The Labute approximate surface area is 152 Å². The number of hydrogen-bond acceptors (Lipinski definition) is 3. The molecule has 0 saturated heterocycles. The molecular formula is C21H24FNO3. The molecule has 5 heteroatoms. The SMILES string of the molecule is C[C@@H]1CCc2cc(F)ccc2N1C(=O)[C@@]12CC[C@](C)(C(=O)C1=O)C2(C)C. The quantitative estimate of drug-likeness (QED) is 0.571. The Hall–Kier alpha value is -2.04. The van der Waals surface area contributed by atoms with E-state index >= 15 is 0 Å². The lowest BCUT2D eigenvalue weighted by molar-refractivity contribution is -0.148. The van der Waals surface area contributed by atoms with Gasteiger partial charge in [0.05, 0.1) is 0 Å². The number of rotatable bonds is 1. The fraction of sp³-hybridized carbons (Fsp3) is 0.571. The van der Waals surface area contributed by atoms with Crippen molar-refractivity contribution < 1.29 is 18.8 Å². The fourth-order valence-electron chi connectivity index (χ4n) is 5.48. The third kappa shape index (κ3) is 1.72. The number of aryl methyl sites for hydroxylation is 1. The van der Waals surface area contributed by atoms with Crippen LogP contribution in [0.2, 0.25) is 0 Å². The van der Waals surface area contributed by atoms with Gasteiger partial charge in [-0.1, -0.05) is 20.8 Å². The summed E-state index contributed by atoms with van der Waals surface area (Å²) in [4.78, 5) is 41.2. The van der Waals surface area contributed by atoms with Gasteiger partial charge in [-0.3, -0.25) is 14.4 Å². The van der Waals surface area contributed by atoms with E-state index in [1.54, 1.807) is 11.0 Å². The zero-order valence-electron chi connectivity index (χ0n) is 15.7. The van der Waals surface area contributed by atoms with Gasteiger partial charge in [0.1, 0.15) is 11.2 Å². The maximum atomic E-state index is 13.8. The minimum atomic E-state index is -1.31. The van der Waals surface area contributed by atoms with Crippen molar-refractivity contribution in [3.63, 3.8) is 0 Å². The highest BCUT2D eigenvalue weighted by molar-refractivity contribution is 6.49. The summed E-state index contributed by atoms with van der Waals surface area (Å²) in [5, 5.41) is 0. The molecule has 1 aromatic carbocycles. The molecule has 0 radical (unpaired) electrons. The van der Waals surface area contributed by atoms with Crippen molar-refractivity contribution in [2.45, 2.75) is 59.4 Å². The summed E-state index contributed by atoms with van der Waals surface area (Å²) in [7, 11) is 0. The van der Waals surface area contributed by atoms with Gasteiger partial charge in [0, 0.05) is 17.1 Å². The first kappa shape index (κ1) is 17.4. The molecule has 4 nitrogen and oxygen atoms in total. The maximum absolute atomic E-state index is 13.8. The normalized spacial score (nSPS) is 35.0. The van der Waals surface area contributed by atoms with Crippen molar-refractivity contribution >= 4 is 23.2 Å². The summed E-state index contributed by atoms with van der Waals surface area (Å²) in [6.07, 6.45) is 2.35. The first-order valence-electron chi connectivity index (χ1n) is 9.29. The van der Waals surface area contributed by atoms with Crippen LogP contribution in [0, 0.1) is 22.1 Å². The van der Waals surface area contributed by atoms with Crippen molar-refractivity contribution in [3.05, 3.63) is 29.6 Å². The predicted octanol–water partition coefficient (Wildman–Crippen LogP) is 3.46. The number of ketones is 2. The molecule has 3 aliphatic rings. The molecule has 26 heavy (non-hydrogen) atoms. The van der Waals surface area contributed by atoms with Crippen molar-refractivity contribution in [1.29, 1.82) is 0 Å². The summed E-state index contributed by atoms with van der Waals surface area (Å²) in [6.45, 7) is 7.52. The second-order valence-electron chi connectivity index (χ2n) is 8.86. The van der Waals surface area contributed by atoms with Gasteiger partial charge >= 0.3 is 0 Å². The van der Waals surface area contributed by atoms with Gasteiger partial charge in [0.2, 0.25) is 17.5 Å². The van der Waals surface area contributed by atoms with Gasteiger partial charge in [-0.25, -0.2) is 4.39 Å². The van der Waals surface area contributed by atoms with Gasteiger partial charge in [0.25, 0.3) is 0 Å². The molecule has 1 amide bonds. The zero-order valence-corrected chi connectivity index (χ0v) is 15.7. The van der Waals surface area contributed by atoms with Crippen LogP contribution in [0.25, 0.3) is 0 Å². The number of nitrogens with zero attached hydrogens (tertiary/aromatic N) is 1. The predicted molar refractivity (Wildman–Crippen MR) is 95.2 cm³/mol. The molecule has 0 unspecified atom stereocenters. The lowest BCUT2D eigenvalue weighted by Crippen LogP contribution is -2.56. The summed E-state index contributed by atoms with van der Waals surface area (Å²) >= 11 is 0. The van der Waals surface area contributed by atoms with Crippen LogP contribution in [-0.2, 0) is 20.8 Å². The van der Waals surface area contributed by atoms with Gasteiger partial charge in [-0.05, 0) is 61.8 Å². The average Bonchev–Trinajstić information content (AvgIpc) is 2.86. The summed E-state index contributed by atoms with van der Waals surface area (Å²) in [5.74, 6) is -1.57. The molecule has 0 aromatic heterocycles. The van der Waals surface area contributed by atoms with Crippen LogP contribution in [0.15, 0.2) is 18.2 Å². The highest BCUT2D eigenvalue weighted by Gasteiger charge is 2.78. The van der Waals surface area contributed by atoms with E-state index in [0.29, 0.717) is 31.4 Å². The molecule has 1 aromatic rings. The Morgan fingerprint density at radius 2 is 1.85 bits per heavy atom. The molecule has 2 saturated carbocycles.